The topological polar surface area (TPSA) is 52.6 Å². The molecule has 0 aromatic carbocycles. The van der Waals surface area contributed by atoms with Crippen LogP contribution in [0.1, 0.15) is 41.5 Å². The first kappa shape index (κ1) is 16.9. The van der Waals surface area contributed by atoms with Gasteiger partial charge in [-0.1, -0.05) is 13.8 Å². The van der Waals surface area contributed by atoms with Crippen LogP contribution in [-0.2, 0) is 19.1 Å². The minimum atomic E-state index is -3.02. The summed E-state index contributed by atoms with van der Waals surface area (Å²) in [5.74, 6) is -5.15. The maximum atomic E-state index is 13.3. The highest BCUT2D eigenvalue weighted by atomic mass is 19.3. The number of esters is 2. The lowest BCUT2D eigenvalue weighted by molar-refractivity contribution is -0.159. The molecule has 2 aliphatic carbocycles. The lowest BCUT2D eigenvalue weighted by Crippen LogP contribution is -2.28. The van der Waals surface area contributed by atoms with Crippen LogP contribution in [-0.4, -0.2) is 29.6 Å². The summed E-state index contributed by atoms with van der Waals surface area (Å²) in [6.07, 6.45) is -0.291. The van der Waals surface area contributed by atoms with Crippen LogP contribution in [0.25, 0.3) is 0 Å². The SMILES string of the molecule is CC(=O)O[C@@H](C1=CC1(F)F)[C@H]1[C@@H](C(=O)OC(C)(C)C)C1(C)C. The van der Waals surface area contributed by atoms with Gasteiger partial charge in [0.25, 0.3) is 5.92 Å². The molecule has 1 fully saturated rings. The summed E-state index contributed by atoms with van der Waals surface area (Å²) in [5.41, 5.74) is -1.42. The third-order valence-electron chi connectivity index (χ3n) is 4.14. The third-order valence-corrected chi connectivity index (χ3v) is 4.14. The summed E-state index contributed by atoms with van der Waals surface area (Å²) in [5, 5.41) is 0. The lowest BCUT2D eigenvalue weighted by Gasteiger charge is -2.20. The van der Waals surface area contributed by atoms with Gasteiger partial charge in [-0.3, -0.25) is 9.59 Å². The van der Waals surface area contributed by atoms with E-state index in [9.17, 15) is 18.4 Å². The molecule has 0 spiro atoms. The first-order chi connectivity index (χ1) is 9.77. The highest BCUT2D eigenvalue weighted by molar-refractivity contribution is 5.79. The van der Waals surface area contributed by atoms with E-state index in [0.29, 0.717) is 0 Å². The van der Waals surface area contributed by atoms with E-state index in [2.05, 4.69) is 0 Å². The minimum Gasteiger partial charge on any atom is -0.460 e. The predicted molar refractivity (Wildman–Crippen MR) is 75.2 cm³/mol. The Morgan fingerprint density at radius 2 is 1.77 bits per heavy atom. The molecular weight excluding hydrogens is 294 g/mol. The van der Waals surface area contributed by atoms with Gasteiger partial charge in [-0.05, 0) is 32.3 Å². The number of rotatable bonds is 4. The molecule has 0 amide bonds. The van der Waals surface area contributed by atoms with Crippen LogP contribution in [0.3, 0.4) is 0 Å². The van der Waals surface area contributed by atoms with Gasteiger partial charge in [0.05, 0.1) is 5.92 Å². The number of ether oxygens (including phenoxy) is 2. The van der Waals surface area contributed by atoms with Crippen molar-refractivity contribution in [2.45, 2.75) is 59.2 Å². The number of hydrogen-bond acceptors (Lipinski definition) is 4. The summed E-state index contributed by atoms with van der Waals surface area (Å²) in [6.45, 7) is 10.0. The van der Waals surface area contributed by atoms with E-state index >= 15 is 0 Å². The average molecular weight is 316 g/mol. The first-order valence-corrected chi connectivity index (χ1v) is 7.28. The molecule has 0 heterocycles. The number of hydrogen-bond donors (Lipinski definition) is 0. The quantitative estimate of drug-likeness (QED) is 0.591. The second-order valence-electron chi connectivity index (χ2n) is 7.61. The van der Waals surface area contributed by atoms with E-state index in [0.717, 1.165) is 6.08 Å². The van der Waals surface area contributed by atoms with E-state index in [1.807, 2.05) is 0 Å². The highest BCUT2D eigenvalue weighted by Crippen LogP contribution is 2.64. The molecule has 1 saturated carbocycles. The zero-order valence-electron chi connectivity index (χ0n) is 13.7. The summed E-state index contributed by atoms with van der Waals surface area (Å²) in [6, 6.07) is 0. The third kappa shape index (κ3) is 3.15. The van der Waals surface area contributed by atoms with Crippen molar-refractivity contribution in [2.24, 2.45) is 17.3 Å². The number of alkyl halides is 2. The summed E-state index contributed by atoms with van der Waals surface area (Å²) in [7, 11) is 0. The Labute approximate surface area is 128 Å². The van der Waals surface area contributed by atoms with Crippen LogP contribution >= 0.6 is 0 Å². The lowest BCUT2D eigenvalue weighted by atomic mass is 10.0. The monoisotopic (exact) mass is 316 g/mol. The molecule has 2 aliphatic rings. The standard InChI is InChI=1S/C16H22F2O4/c1-8(19)21-12(9-7-16(9,17)18)10-11(15(10,5)6)13(20)22-14(2,3)4/h7,10-12H,1-6H3/t10-,11+,12+/m1/s1. The maximum Gasteiger partial charge on any atom is 0.310 e. The minimum absolute atomic E-state index is 0.216. The van der Waals surface area contributed by atoms with Gasteiger partial charge in [0.1, 0.15) is 11.7 Å². The second kappa shape index (κ2) is 4.77. The molecule has 0 bridgehead atoms. The van der Waals surface area contributed by atoms with E-state index in [-0.39, 0.29) is 5.57 Å². The summed E-state index contributed by atoms with van der Waals surface area (Å²) in [4.78, 5) is 23.5. The molecule has 124 valence electrons. The molecule has 0 aromatic heterocycles. The zero-order valence-corrected chi connectivity index (χ0v) is 13.7. The summed E-state index contributed by atoms with van der Waals surface area (Å²) < 4.78 is 37.1. The Balaban J connectivity index is 2.17. The van der Waals surface area contributed by atoms with Crippen molar-refractivity contribution in [1.29, 1.82) is 0 Å². The Morgan fingerprint density at radius 3 is 2.14 bits per heavy atom. The Bertz CT molecular complexity index is 543. The first-order valence-electron chi connectivity index (χ1n) is 7.28. The van der Waals surface area contributed by atoms with Crippen LogP contribution in [0.5, 0.6) is 0 Å². The fourth-order valence-electron chi connectivity index (χ4n) is 3.00. The zero-order chi connectivity index (χ0) is 17.1. The molecule has 6 heteroatoms. The van der Waals surface area contributed by atoms with Gasteiger partial charge in [0, 0.05) is 18.4 Å². The van der Waals surface area contributed by atoms with Crippen LogP contribution in [0.4, 0.5) is 8.78 Å². The van der Waals surface area contributed by atoms with Crippen molar-refractivity contribution in [3.05, 3.63) is 11.6 Å². The van der Waals surface area contributed by atoms with Crippen LogP contribution in [0, 0.1) is 17.3 Å². The molecule has 0 saturated heterocycles. The van der Waals surface area contributed by atoms with Gasteiger partial charge >= 0.3 is 11.9 Å². The molecule has 0 radical (unpaired) electrons. The van der Waals surface area contributed by atoms with Crippen LogP contribution in [0.15, 0.2) is 11.6 Å². The van der Waals surface area contributed by atoms with Gasteiger partial charge in [0.15, 0.2) is 0 Å². The smallest absolute Gasteiger partial charge is 0.310 e. The van der Waals surface area contributed by atoms with Crippen molar-refractivity contribution in [3.63, 3.8) is 0 Å². The van der Waals surface area contributed by atoms with Gasteiger partial charge < -0.3 is 9.47 Å². The maximum absolute atomic E-state index is 13.3. The predicted octanol–water partition coefficient (Wildman–Crippen LogP) is 3.11. The molecule has 22 heavy (non-hydrogen) atoms. The fraction of sp³-hybridized carbons (Fsp3) is 0.750. The molecule has 3 atom stereocenters. The van der Waals surface area contributed by atoms with Crippen molar-refractivity contribution >= 4 is 11.9 Å². The van der Waals surface area contributed by atoms with Gasteiger partial charge in [-0.25, -0.2) is 0 Å². The number of carbonyl (C=O) groups excluding carboxylic acids is 2. The fourth-order valence-corrected chi connectivity index (χ4v) is 3.00. The van der Waals surface area contributed by atoms with Crippen molar-refractivity contribution in [2.75, 3.05) is 0 Å². The van der Waals surface area contributed by atoms with Gasteiger partial charge in [0.2, 0.25) is 0 Å². The largest absolute Gasteiger partial charge is 0.460 e. The molecular formula is C16H22F2O4. The van der Waals surface area contributed by atoms with E-state index in [1.54, 1.807) is 34.6 Å². The van der Waals surface area contributed by atoms with Crippen LogP contribution < -0.4 is 0 Å². The van der Waals surface area contributed by atoms with E-state index in [4.69, 9.17) is 9.47 Å². The molecule has 0 aliphatic heterocycles. The van der Waals surface area contributed by atoms with E-state index in [1.165, 1.54) is 6.92 Å². The molecule has 0 N–H and O–H groups in total. The van der Waals surface area contributed by atoms with E-state index < -0.39 is 46.8 Å². The number of carbonyl (C=O) groups is 2. The Hall–Kier alpha value is -1.46. The van der Waals surface area contributed by atoms with Crippen molar-refractivity contribution in [3.8, 4) is 0 Å². The van der Waals surface area contributed by atoms with Gasteiger partial charge in [-0.15, -0.1) is 0 Å². The second-order valence-corrected chi connectivity index (χ2v) is 7.61. The molecule has 2 rings (SSSR count). The van der Waals surface area contributed by atoms with Crippen LogP contribution in [0.2, 0.25) is 0 Å². The molecule has 0 unspecified atom stereocenters. The van der Waals surface area contributed by atoms with Crippen molar-refractivity contribution in [1.82, 2.24) is 0 Å². The normalized spacial score (nSPS) is 29.2. The summed E-state index contributed by atoms with van der Waals surface area (Å²) >= 11 is 0. The average Bonchev–Trinajstić information content (AvgIpc) is 3.05. The Morgan fingerprint density at radius 1 is 1.27 bits per heavy atom. The highest BCUT2D eigenvalue weighted by Gasteiger charge is 2.70. The van der Waals surface area contributed by atoms with Gasteiger partial charge in [-0.2, -0.15) is 8.78 Å². The molecule has 0 aromatic rings. The molecule has 4 nitrogen and oxygen atoms in total. The van der Waals surface area contributed by atoms with Crippen molar-refractivity contribution < 1.29 is 27.8 Å². The Kier molecular flexibility index (Phi) is 3.66. The number of halogens is 2. The number of allylic oxidation sites excluding steroid dienone is 1.